The highest BCUT2D eigenvalue weighted by atomic mass is 35.5. The molecule has 0 aliphatic heterocycles. The van der Waals surface area contributed by atoms with Crippen molar-refractivity contribution >= 4 is 11.6 Å². The number of fused-ring (bicyclic) bond motifs is 2. The summed E-state index contributed by atoms with van der Waals surface area (Å²) in [7, 11) is 1.61. The molecule has 0 spiro atoms. The number of hydrogen-bond donors (Lipinski definition) is 2. The minimum Gasteiger partial charge on any atom is -0.496 e. The van der Waals surface area contributed by atoms with Crippen LogP contribution >= 0.6 is 11.6 Å². The van der Waals surface area contributed by atoms with E-state index in [4.69, 9.17) is 22.1 Å². The third-order valence-electron chi connectivity index (χ3n) is 5.45. The molecule has 0 radical (unpaired) electrons. The predicted molar refractivity (Wildman–Crippen MR) is 79.9 cm³/mol. The average Bonchev–Trinajstić information content (AvgIpc) is 3.07. The molecule has 2 saturated carbocycles. The van der Waals surface area contributed by atoms with Gasteiger partial charge in [0.05, 0.1) is 18.2 Å². The number of benzene rings is 1. The fraction of sp³-hybridized carbons (Fsp3) is 0.625. The Morgan fingerprint density at radius 3 is 2.85 bits per heavy atom. The van der Waals surface area contributed by atoms with Crippen molar-refractivity contribution in [1.29, 1.82) is 0 Å². The van der Waals surface area contributed by atoms with Gasteiger partial charge in [-0.25, -0.2) is 0 Å². The second-order valence-electron chi connectivity index (χ2n) is 6.28. The molecule has 3 rings (SSSR count). The van der Waals surface area contributed by atoms with Crippen LogP contribution < -0.4 is 10.5 Å². The van der Waals surface area contributed by atoms with E-state index in [2.05, 4.69) is 0 Å². The standard InChI is InChI=1S/C16H22ClNO2/c1-20-13-4-2-3-12(17)14(13)15(19)16(9-18)8-10-5-6-11(16)7-10/h2-4,10-11,15,19H,5-9,18H2,1H3. The number of ether oxygens (including phenoxy) is 1. The lowest BCUT2D eigenvalue weighted by Gasteiger charge is -2.41. The molecule has 0 amide bonds. The van der Waals surface area contributed by atoms with Crippen molar-refractivity contribution < 1.29 is 9.84 Å². The van der Waals surface area contributed by atoms with E-state index >= 15 is 0 Å². The Kier molecular flexibility index (Phi) is 3.69. The van der Waals surface area contributed by atoms with Crippen LogP contribution in [0.15, 0.2) is 18.2 Å². The maximum absolute atomic E-state index is 11.0. The van der Waals surface area contributed by atoms with E-state index in [1.807, 2.05) is 12.1 Å². The van der Waals surface area contributed by atoms with E-state index < -0.39 is 6.10 Å². The molecule has 3 N–H and O–H groups in total. The zero-order valence-corrected chi connectivity index (χ0v) is 12.6. The zero-order valence-electron chi connectivity index (χ0n) is 11.8. The highest BCUT2D eigenvalue weighted by molar-refractivity contribution is 6.31. The van der Waals surface area contributed by atoms with Crippen molar-refractivity contribution in [1.82, 2.24) is 0 Å². The Bertz CT molecular complexity index is 507. The lowest BCUT2D eigenvalue weighted by Crippen LogP contribution is -2.41. The van der Waals surface area contributed by atoms with Crippen LogP contribution in [0.3, 0.4) is 0 Å². The van der Waals surface area contributed by atoms with Crippen molar-refractivity contribution in [2.75, 3.05) is 13.7 Å². The number of halogens is 1. The summed E-state index contributed by atoms with van der Waals surface area (Å²) < 4.78 is 5.39. The molecule has 4 unspecified atom stereocenters. The van der Waals surface area contributed by atoms with Crippen molar-refractivity contribution in [3.63, 3.8) is 0 Å². The summed E-state index contributed by atoms with van der Waals surface area (Å²) in [6.45, 7) is 0.504. The number of methoxy groups -OCH3 is 1. The van der Waals surface area contributed by atoms with Crippen molar-refractivity contribution in [3.05, 3.63) is 28.8 Å². The largest absolute Gasteiger partial charge is 0.496 e. The van der Waals surface area contributed by atoms with Gasteiger partial charge < -0.3 is 15.6 Å². The van der Waals surface area contributed by atoms with Gasteiger partial charge in [-0.3, -0.25) is 0 Å². The first kappa shape index (κ1) is 14.2. The maximum atomic E-state index is 11.0. The van der Waals surface area contributed by atoms with Crippen molar-refractivity contribution in [2.24, 2.45) is 23.0 Å². The van der Waals surface area contributed by atoms with E-state index in [-0.39, 0.29) is 5.41 Å². The molecule has 1 aromatic rings. The predicted octanol–water partition coefficient (Wildman–Crippen LogP) is 3.15. The summed E-state index contributed by atoms with van der Waals surface area (Å²) in [6, 6.07) is 5.50. The zero-order chi connectivity index (χ0) is 14.3. The molecule has 4 atom stereocenters. The fourth-order valence-electron chi connectivity index (χ4n) is 4.43. The summed E-state index contributed by atoms with van der Waals surface area (Å²) in [6.07, 6.45) is 4.00. The summed E-state index contributed by atoms with van der Waals surface area (Å²) >= 11 is 6.32. The van der Waals surface area contributed by atoms with Crippen LogP contribution in [0.25, 0.3) is 0 Å². The molecule has 20 heavy (non-hydrogen) atoms. The van der Waals surface area contributed by atoms with Crippen molar-refractivity contribution in [2.45, 2.75) is 31.8 Å². The third-order valence-corrected chi connectivity index (χ3v) is 5.78. The van der Waals surface area contributed by atoms with Gasteiger partial charge in [0.1, 0.15) is 5.75 Å². The molecule has 2 bridgehead atoms. The molecule has 2 fully saturated rings. The van der Waals surface area contributed by atoms with Gasteiger partial charge in [0.2, 0.25) is 0 Å². The first-order valence-electron chi connectivity index (χ1n) is 7.33. The second kappa shape index (κ2) is 5.21. The summed E-state index contributed by atoms with van der Waals surface area (Å²) in [5.41, 5.74) is 6.56. The van der Waals surface area contributed by atoms with Crippen LogP contribution in [0.5, 0.6) is 5.75 Å². The first-order chi connectivity index (χ1) is 9.62. The number of nitrogens with two attached hydrogens (primary N) is 1. The normalized spacial score (nSPS) is 33.4. The van der Waals surface area contributed by atoms with E-state index in [0.29, 0.717) is 34.7 Å². The monoisotopic (exact) mass is 295 g/mol. The second-order valence-corrected chi connectivity index (χ2v) is 6.68. The Balaban J connectivity index is 2.02. The quantitative estimate of drug-likeness (QED) is 0.897. The van der Waals surface area contributed by atoms with E-state index in [0.717, 1.165) is 6.42 Å². The topological polar surface area (TPSA) is 55.5 Å². The van der Waals surface area contributed by atoms with E-state index in [9.17, 15) is 5.11 Å². The molecule has 0 saturated heterocycles. The highest BCUT2D eigenvalue weighted by Crippen LogP contribution is 2.61. The molecule has 3 nitrogen and oxygen atoms in total. The Labute approximate surface area is 125 Å². The van der Waals surface area contributed by atoms with E-state index in [1.165, 1.54) is 19.3 Å². The summed E-state index contributed by atoms with van der Waals surface area (Å²) in [5, 5.41) is 11.6. The van der Waals surface area contributed by atoms with Gasteiger partial charge in [-0.1, -0.05) is 24.1 Å². The van der Waals surface area contributed by atoms with Gasteiger partial charge in [0, 0.05) is 17.5 Å². The minimum atomic E-state index is -0.647. The Hall–Kier alpha value is -0.770. The molecule has 2 aliphatic rings. The molecule has 0 heterocycles. The summed E-state index contributed by atoms with van der Waals surface area (Å²) in [4.78, 5) is 0. The fourth-order valence-corrected chi connectivity index (χ4v) is 4.70. The van der Waals surface area contributed by atoms with Crippen LogP contribution in [-0.4, -0.2) is 18.8 Å². The molecule has 110 valence electrons. The smallest absolute Gasteiger partial charge is 0.126 e. The third kappa shape index (κ3) is 1.95. The van der Waals surface area contributed by atoms with Crippen LogP contribution in [0.4, 0.5) is 0 Å². The molecule has 0 aromatic heterocycles. The lowest BCUT2D eigenvalue weighted by atomic mass is 9.67. The minimum absolute atomic E-state index is 0.235. The highest BCUT2D eigenvalue weighted by Gasteiger charge is 2.54. The van der Waals surface area contributed by atoms with Gasteiger partial charge >= 0.3 is 0 Å². The van der Waals surface area contributed by atoms with E-state index in [1.54, 1.807) is 13.2 Å². The molecule has 4 heteroatoms. The lowest BCUT2D eigenvalue weighted by molar-refractivity contribution is -0.0142. The summed E-state index contributed by atoms with van der Waals surface area (Å²) in [5.74, 6) is 1.88. The SMILES string of the molecule is COc1cccc(Cl)c1C(O)C1(CN)CC2CCC1C2. The average molecular weight is 296 g/mol. The molecular weight excluding hydrogens is 274 g/mol. The van der Waals surface area contributed by atoms with Crippen LogP contribution in [0, 0.1) is 17.3 Å². The van der Waals surface area contributed by atoms with Gasteiger partial charge in [-0.15, -0.1) is 0 Å². The maximum Gasteiger partial charge on any atom is 0.126 e. The number of rotatable bonds is 4. The van der Waals surface area contributed by atoms with Crippen molar-refractivity contribution in [3.8, 4) is 5.75 Å². The van der Waals surface area contributed by atoms with Gasteiger partial charge in [-0.2, -0.15) is 0 Å². The number of hydrogen-bond acceptors (Lipinski definition) is 3. The van der Waals surface area contributed by atoms with Crippen LogP contribution in [-0.2, 0) is 0 Å². The van der Waals surface area contributed by atoms with Crippen LogP contribution in [0.1, 0.15) is 37.4 Å². The number of aliphatic hydroxyl groups is 1. The van der Waals surface area contributed by atoms with Gasteiger partial charge in [-0.05, 0) is 43.2 Å². The molecular formula is C16H22ClNO2. The molecule has 1 aromatic carbocycles. The van der Waals surface area contributed by atoms with Gasteiger partial charge in [0.25, 0.3) is 0 Å². The Morgan fingerprint density at radius 1 is 1.50 bits per heavy atom. The van der Waals surface area contributed by atoms with Crippen LogP contribution in [0.2, 0.25) is 5.02 Å². The number of aliphatic hydroxyl groups excluding tert-OH is 1. The molecule has 2 aliphatic carbocycles. The van der Waals surface area contributed by atoms with Gasteiger partial charge in [0.15, 0.2) is 0 Å². The first-order valence-corrected chi connectivity index (χ1v) is 7.70. The Morgan fingerprint density at radius 2 is 2.30 bits per heavy atom.